The van der Waals surface area contributed by atoms with Gasteiger partial charge in [-0.15, -0.1) is 0 Å². The van der Waals surface area contributed by atoms with Gasteiger partial charge in [-0.05, 0) is 5.41 Å². The van der Waals surface area contributed by atoms with Gasteiger partial charge >= 0.3 is 0 Å². The van der Waals surface area contributed by atoms with Crippen LogP contribution < -0.4 is 10.6 Å². The lowest BCUT2D eigenvalue weighted by Crippen LogP contribution is -2.36. The number of hydrogen-bond acceptors (Lipinski definition) is 2. The van der Waals surface area contributed by atoms with Crippen molar-refractivity contribution < 1.29 is 4.79 Å². The first-order valence-corrected chi connectivity index (χ1v) is 5.31. The van der Waals surface area contributed by atoms with Gasteiger partial charge in [0.15, 0.2) is 0 Å². The maximum absolute atomic E-state index is 11.2. The molecule has 3 heteroatoms. The minimum atomic E-state index is 0.0811. The van der Waals surface area contributed by atoms with Crippen molar-refractivity contribution >= 4 is 5.91 Å². The van der Waals surface area contributed by atoms with E-state index in [1.54, 1.807) is 0 Å². The van der Waals surface area contributed by atoms with E-state index in [1.807, 2.05) is 13.8 Å². The van der Waals surface area contributed by atoms with Crippen LogP contribution >= 0.6 is 0 Å². The van der Waals surface area contributed by atoms with Crippen molar-refractivity contribution in [3.8, 4) is 0 Å². The van der Waals surface area contributed by atoms with E-state index in [0.29, 0.717) is 12.0 Å². The number of amides is 1. The van der Waals surface area contributed by atoms with Gasteiger partial charge in [-0.3, -0.25) is 4.79 Å². The van der Waals surface area contributed by atoms with Crippen LogP contribution in [-0.4, -0.2) is 25.5 Å². The highest BCUT2D eigenvalue weighted by Crippen LogP contribution is 2.09. The minimum absolute atomic E-state index is 0.0811. The number of hydrogen-bond donors (Lipinski definition) is 2. The molecule has 14 heavy (non-hydrogen) atoms. The Morgan fingerprint density at radius 3 is 2.21 bits per heavy atom. The fourth-order valence-corrected chi connectivity index (χ4v) is 0.942. The Balaban J connectivity index is 3.35. The van der Waals surface area contributed by atoms with Gasteiger partial charge in [0.25, 0.3) is 0 Å². The average Bonchev–Trinajstić information content (AvgIpc) is 2.01. The predicted molar refractivity (Wildman–Crippen MR) is 60.2 cm³/mol. The zero-order valence-electron chi connectivity index (χ0n) is 10.1. The van der Waals surface area contributed by atoms with Crippen molar-refractivity contribution in [3.05, 3.63) is 0 Å². The standard InChI is InChI=1S/C11H24N2O/c1-9(2)10(14)13-7-6-12-8-11(3,4)5/h9,12H,6-8H2,1-5H3,(H,13,14). The summed E-state index contributed by atoms with van der Waals surface area (Å²) in [6.45, 7) is 12.9. The van der Waals surface area contributed by atoms with Crippen molar-refractivity contribution in [1.29, 1.82) is 0 Å². The second kappa shape index (κ2) is 6.02. The summed E-state index contributed by atoms with van der Waals surface area (Å²) in [5, 5.41) is 6.17. The molecule has 2 N–H and O–H groups in total. The van der Waals surface area contributed by atoms with Crippen LogP contribution in [0.5, 0.6) is 0 Å². The lowest BCUT2D eigenvalue weighted by atomic mass is 9.97. The maximum Gasteiger partial charge on any atom is 0.222 e. The molecule has 0 unspecified atom stereocenters. The molecule has 0 rings (SSSR count). The first kappa shape index (κ1) is 13.4. The molecule has 0 radical (unpaired) electrons. The zero-order chi connectivity index (χ0) is 11.2. The van der Waals surface area contributed by atoms with Crippen LogP contribution in [0, 0.1) is 11.3 Å². The second-order valence-corrected chi connectivity index (χ2v) is 5.18. The molecule has 0 aromatic carbocycles. The van der Waals surface area contributed by atoms with Gasteiger partial charge in [0.1, 0.15) is 0 Å². The lowest BCUT2D eigenvalue weighted by molar-refractivity contribution is -0.123. The molecule has 0 aliphatic carbocycles. The molecule has 1 amide bonds. The second-order valence-electron chi connectivity index (χ2n) is 5.18. The normalized spacial score (nSPS) is 11.9. The smallest absolute Gasteiger partial charge is 0.222 e. The highest BCUT2D eigenvalue weighted by Gasteiger charge is 2.09. The van der Waals surface area contributed by atoms with Crippen LogP contribution in [0.2, 0.25) is 0 Å². The molecular formula is C11H24N2O. The minimum Gasteiger partial charge on any atom is -0.355 e. The number of nitrogens with one attached hydrogen (secondary N) is 2. The fourth-order valence-electron chi connectivity index (χ4n) is 0.942. The Labute approximate surface area is 87.6 Å². The summed E-state index contributed by atoms with van der Waals surface area (Å²) in [4.78, 5) is 11.2. The number of rotatable bonds is 5. The number of carbonyl (C=O) groups excluding carboxylic acids is 1. The first-order chi connectivity index (χ1) is 6.33. The molecule has 0 aromatic heterocycles. The molecule has 0 aromatic rings. The van der Waals surface area contributed by atoms with Gasteiger partial charge in [0, 0.05) is 25.6 Å². The van der Waals surface area contributed by atoms with Crippen molar-refractivity contribution in [1.82, 2.24) is 10.6 Å². The van der Waals surface area contributed by atoms with Gasteiger partial charge < -0.3 is 10.6 Å². The van der Waals surface area contributed by atoms with E-state index < -0.39 is 0 Å². The Hall–Kier alpha value is -0.570. The fraction of sp³-hybridized carbons (Fsp3) is 0.909. The zero-order valence-corrected chi connectivity index (χ0v) is 10.1. The average molecular weight is 200 g/mol. The Kier molecular flexibility index (Phi) is 5.77. The summed E-state index contributed by atoms with van der Waals surface area (Å²) in [5.41, 5.74) is 0.308. The first-order valence-electron chi connectivity index (χ1n) is 5.31. The Morgan fingerprint density at radius 1 is 1.21 bits per heavy atom. The van der Waals surface area contributed by atoms with E-state index in [9.17, 15) is 4.79 Å². The van der Waals surface area contributed by atoms with Gasteiger partial charge in [0.2, 0.25) is 5.91 Å². The number of carbonyl (C=O) groups is 1. The molecule has 0 atom stereocenters. The van der Waals surface area contributed by atoms with E-state index >= 15 is 0 Å². The van der Waals surface area contributed by atoms with Crippen LogP contribution in [0.25, 0.3) is 0 Å². The van der Waals surface area contributed by atoms with E-state index in [0.717, 1.165) is 13.1 Å². The van der Waals surface area contributed by atoms with Crippen molar-refractivity contribution in [2.24, 2.45) is 11.3 Å². The van der Waals surface area contributed by atoms with E-state index in [4.69, 9.17) is 0 Å². The SMILES string of the molecule is CC(C)C(=O)NCCNCC(C)(C)C. The van der Waals surface area contributed by atoms with Crippen LogP contribution in [-0.2, 0) is 4.79 Å². The molecule has 0 spiro atoms. The van der Waals surface area contributed by atoms with Crippen LogP contribution in [0.4, 0.5) is 0 Å². The molecule has 84 valence electrons. The Morgan fingerprint density at radius 2 is 1.79 bits per heavy atom. The third-order valence-corrected chi connectivity index (χ3v) is 1.78. The Bertz CT molecular complexity index is 171. The monoisotopic (exact) mass is 200 g/mol. The largest absolute Gasteiger partial charge is 0.355 e. The summed E-state index contributed by atoms with van der Waals surface area (Å²) in [7, 11) is 0. The highest BCUT2D eigenvalue weighted by atomic mass is 16.1. The molecule has 0 aliphatic heterocycles. The van der Waals surface area contributed by atoms with Gasteiger partial charge in [-0.25, -0.2) is 0 Å². The molecule has 0 saturated carbocycles. The molecule has 3 nitrogen and oxygen atoms in total. The third kappa shape index (κ3) is 8.05. The molecular weight excluding hydrogens is 176 g/mol. The van der Waals surface area contributed by atoms with E-state index in [2.05, 4.69) is 31.4 Å². The van der Waals surface area contributed by atoms with E-state index in [-0.39, 0.29) is 11.8 Å². The van der Waals surface area contributed by atoms with Gasteiger partial charge in [-0.2, -0.15) is 0 Å². The van der Waals surface area contributed by atoms with Crippen LogP contribution in [0.15, 0.2) is 0 Å². The molecule has 0 fully saturated rings. The summed E-state index contributed by atoms with van der Waals surface area (Å²) < 4.78 is 0. The van der Waals surface area contributed by atoms with Crippen LogP contribution in [0.3, 0.4) is 0 Å². The highest BCUT2D eigenvalue weighted by molar-refractivity contribution is 5.77. The van der Waals surface area contributed by atoms with Crippen molar-refractivity contribution in [2.45, 2.75) is 34.6 Å². The third-order valence-electron chi connectivity index (χ3n) is 1.78. The lowest BCUT2D eigenvalue weighted by Gasteiger charge is -2.18. The van der Waals surface area contributed by atoms with Crippen LogP contribution in [0.1, 0.15) is 34.6 Å². The van der Waals surface area contributed by atoms with Gasteiger partial charge in [0.05, 0.1) is 0 Å². The summed E-state index contributed by atoms with van der Waals surface area (Å²) in [6.07, 6.45) is 0. The summed E-state index contributed by atoms with van der Waals surface area (Å²) >= 11 is 0. The van der Waals surface area contributed by atoms with Crippen molar-refractivity contribution in [3.63, 3.8) is 0 Å². The molecule has 0 saturated heterocycles. The van der Waals surface area contributed by atoms with E-state index in [1.165, 1.54) is 0 Å². The summed E-state index contributed by atoms with van der Waals surface area (Å²) in [6, 6.07) is 0. The predicted octanol–water partition coefficient (Wildman–Crippen LogP) is 1.39. The summed E-state index contributed by atoms with van der Waals surface area (Å²) in [5.74, 6) is 0.208. The van der Waals surface area contributed by atoms with Gasteiger partial charge in [-0.1, -0.05) is 34.6 Å². The quantitative estimate of drug-likeness (QED) is 0.659. The topological polar surface area (TPSA) is 41.1 Å². The molecule has 0 heterocycles. The maximum atomic E-state index is 11.2. The molecule has 0 bridgehead atoms. The van der Waals surface area contributed by atoms with Crippen molar-refractivity contribution in [2.75, 3.05) is 19.6 Å². The molecule has 0 aliphatic rings.